The highest BCUT2D eigenvalue weighted by molar-refractivity contribution is 5.37. The molecule has 0 aliphatic carbocycles. The molecule has 0 aromatic rings. The highest BCUT2D eigenvalue weighted by Crippen LogP contribution is 2.08. The Hall–Kier alpha value is -1.06. The fourth-order valence-corrected chi connectivity index (χ4v) is 1.41. The van der Waals surface area contributed by atoms with Gasteiger partial charge in [-0.15, -0.1) is 0 Å². The number of rotatable bonds is 8. The summed E-state index contributed by atoms with van der Waals surface area (Å²) >= 11 is 0. The van der Waals surface area contributed by atoms with E-state index in [1.807, 2.05) is 26.1 Å². The number of hydrogen-bond acceptors (Lipinski definition) is 3. The molecule has 0 spiro atoms. The van der Waals surface area contributed by atoms with Crippen LogP contribution in [0.5, 0.6) is 0 Å². The minimum Gasteiger partial charge on any atom is -0.380 e. The third-order valence-corrected chi connectivity index (χ3v) is 2.31. The maximum absolute atomic E-state index is 5.71. The van der Waals surface area contributed by atoms with Gasteiger partial charge >= 0.3 is 0 Å². The van der Waals surface area contributed by atoms with Crippen LogP contribution in [-0.2, 0) is 0 Å². The van der Waals surface area contributed by atoms with Gasteiger partial charge in [-0.1, -0.05) is 18.7 Å². The van der Waals surface area contributed by atoms with Crippen molar-refractivity contribution in [3.63, 3.8) is 0 Å². The van der Waals surface area contributed by atoms with E-state index in [0.717, 1.165) is 30.7 Å². The van der Waals surface area contributed by atoms with Crippen molar-refractivity contribution in [3.05, 3.63) is 36.1 Å². The van der Waals surface area contributed by atoms with Crippen molar-refractivity contribution in [1.82, 2.24) is 10.2 Å². The molecule has 92 valence electrons. The van der Waals surface area contributed by atoms with Crippen LogP contribution in [-0.4, -0.2) is 38.6 Å². The van der Waals surface area contributed by atoms with Crippen LogP contribution < -0.4 is 11.1 Å². The second-order valence-electron chi connectivity index (χ2n) is 3.82. The van der Waals surface area contributed by atoms with E-state index in [-0.39, 0.29) is 0 Å². The molecule has 0 aromatic carbocycles. The second kappa shape index (κ2) is 9.19. The van der Waals surface area contributed by atoms with Crippen molar-refractivity contribution < 1.29 is 0 Å². The van der Waals surface area contributed by atoms with Crippen molar-refractivity contribution in [3.8, 4) is 0 Å². The lowest BCUT2D eigenvalue weighted by Crippen LogP contribution is -2.19. The van der Waals surface area contributed by atoms with Gasteiger partial charge in [-0.25, -0.2) is 0 Å². The van der Waals surface area contributed by atoms with Crippen LogP contribution in [0.2, 0.25) is 0 Å². The van der Waals surface area contributed by atoms with Crippen LogP contribution >= 0.6 is 0 Å². The van der Waals surface area contributed by atoms with Crippen LogP contribution in [0, 0.1) is 0 Å². The summed E-state index contributed by atoms with van der Waals surface area (Å²) < 4.78 is 0. The second-order valence-corrected chi connectivity index (χ2v) is 3.82. The molecule has 0 saturated heterocycles. The number of hydrogen-bond donors (Lipinski definition) is 2. The number of allylic oxidation sites excluding steroid dienone is 2. The Balaban J connectivity index is 4.27. The molecule has 0 aliphatic heterocycles. The predicted molar refractivity (Wildman–Crippen MR) is 72.3 cm³/mol. The zero-order valence-corrected chi connectivity index (χ0v) is 10.8. The van der Waals surface area contributed by atoms with Crippen LogP contribution in [0.15, 0.2) is 36.1 Å². The maximum atomic E-state index is 5.71. The largest absolute Gasteiger partial charge is 0.380 e. The highest BCUT2D eigenvalue weighted by atomic mass is 15.1. The molecule has 0 saturated carbocycles. The van der Waals surface area contributed by atoms with Crippen LogP contribution in [0.1, 0.15) is 13.3 Å². The van der Waals surface area contributed by atoms with Crippen LogP contribution in [0.3, 0.4) is 0 Å². The van der Waals surface area contributed by atoms with Crippen LogP contribution in [0.25, 0.3) is 0 Å². The first-order valence-corrected chi connectivity index (χ1v) is 5.73. The van der Waals surface area contributed by atoms with Crippen molar-refractivity contribution in [2.45, 2.75) is 13.3 Å². The zero-order chi connectivity index (χ0) is 12.4. The monoisotopic (exact) mass is 223 g/mol. The Kier molecular flexibility index (Phi) is 8.58. The summed E-state index contributed by atoms with van der Waals surface area (Å²) in [6.07, 6.45) is 7.17. The van der Waals surface area contributed by atoms with E-state index in [9.17, 15) is 0 Å². The number of nitrogens with two attached hydrogens (primary N) is 1. The third kappa shape index (κ3) is 6.43. The van der Waals surface area contributed by atoms with E-state index in [2.05, 4.69) is 30.0 Å². The molecule has 3 heteroatoms. The van der Waals surface area contributed by atoms with E-state index in [4.69, 9.17) is 5.73 Å². The third-order valence-electron chi connectivity index (χ3n) is 2.31. The molecule has 0 bridgehead atoms. The molecular formula is C13H25N3. The maximum Gasteiger partial charge on any atom is 0.0198 e. The van der Waals surface area contributed by atoms with Gasteiger partial charge in [0.15, 0.2) is 0 Å². The van der Waals surface area contributed by atoms with E-state index in [1.165, 1.54) is 0 Å². The molecule has 0 radical (unpaired) electrons. The Bertz CT molecular complexity index is 254. The van der Waals surface area contributed by atoms with Crippen molar-refractivity contribution >= 4 is 0 Å². The van der Waals surface area contributed by atoms with Gasteiger partial charge in [-0.05, 0) is 38.1 Å². The molecule has 0 unspecified atom stereocenters. The summed E-state index contributed by atoms with van der Waals surface area (Å²) in [5.41, 5.74) is 7.78. The molecular weight excluding hydrogens is 198 g/mol. The van der Waals surface area contributed by atoms with Gasteiger partial charge in [0.25, 0.3) is 0 Å². The van der Waals surface area contributed by atoms with Gasteiger partial charge in [0.05, 0.1) is 0 Å². The van der Waals surface area contributed by atoms with Crippen molar-refractivity contribution in [1.29, 1.82) is 0 Å². The van der Waals surface area contributed by atoms with Gasteiger partial charge in [0.2, 0.25) is 0 Å². The molecule has 16 heavy (non-hydrogen) atoms. The molecule has 0 aromatic heterocycles. The normalized spacial score (nSPS) is 12.1. The summed E-state index contributed by atoms with van der Waals surface area (Å²) in [6, 6.07) is 0. The lowest BCUT2D eigenvalue weighted by Gasteiger charge is -2.16. The summed E-state index contributed by atoms with van der Waals surface area (Å²) in [6.45, 7) is 8.56. The number of nitrogens with zero attached hydrogens (tertiary/aromatic N) is 1. The molecule has 0 fully saturated rings. The molecule has 0 atom stereocenters. The Labute approximate surface area is 99.7 Å². The Morgan fingerprint density at radius 3 is 2.69 bits per heavy atom. The van der Waals surface area contributed by atoms with Crippen molar-refractivity contribution in [2.24, 2.45) is 5.73 Å². The smallest absolute Gasteiger partial charge is 0.0198 e. The summed E-state index contributed by atoms with van der Waals surface area (Å²) in [5, 5.41) is 3.13. The van der Waals surface area contributed by atoms with Gasteiger partial charge < -0.3 is 16.0 Å². The van der Waals surface area contributed by atoms with Gasteiger partial charge in [-0.2, -0.15) is 0 Å². The molecule has 3 nitrogen and oxygen atoms in total. The van der Waals surface area contributed by atoms with Gasteiger partial charge in [0.1, 0.15) is 0 Å². The molecule has 0 heterocycles. The minimum absolute atomic E-state index is 0.527. The predicted octanol–water partition coefficient (Wildman–Crippen LogP) is 1.50. The lowest BCUT2D eigenvalue weighted by molar-refractivity contribution is 0.437. The average Bonchev–Trinajstić information content (AvgIpc) is 2.26. The Morgan fingerprint density at radius 1 is 1.50 bits per heavy atom. The lowest BCUT2D eigenvalue weighted by atomic mass is 10.1. The first kappa shape index (κ1) is 14.9. The summed E-state index contributed by atoms with van der Waals surface area (Å²) in [4.78, 5) is 2.16. The van der Waals surface area contributed by atoms with Crippen molar-refractivity contribution in [2.75, 3.05) is 33.7 Å². The van der Waals surface area contributed by atoms with Crippen LogP contribution in [0.4, 0.5) is 0 Å². The standard InChI is InChI=1S/C13H25N3/c1-5-7-12(2)13(10-14)11-16(4)9-6-8-15-3/h5,7,11,15H,2,6,8-10,14H2,1,3-4H3/b7-5-,13-11+. The fraction of sp³-hybridized carbons (Fsp3) is 0.538. The van der Waals surface area contributed by atoms with E-state index in [0.29, 0.717) is 6.54 Å². The number of nitrogens with one attached hydrogen (secondary N) is 1. The first-order chi connectivity index (χ1) is 7.65. The molecule has 0 amide bonds. The highest BCUT2D eigenvalue weighted by Gasteiger charge is 1.99. The quantitative estimate of drug-likeness (QED) is 0.484. The summed E-state index contributed by atoms with van der Waals surface area (Å²) in [5.74, 6) is 0. The zero-order valence-electron chi connectivity index (χ0n) is 10.8. The van der Waals surface area contributed by atoms with E-state index < -0.39 is 0 Å². The minimum atomic E-state index is 0.527. The first-order valence-electron chi connectivity index (χ1n) is 5.73. The fourth-order valence-electron chi connectivity index (χ4n) is 1.41. The topological polar surface area (TPSA) is 41.3 Å². The molecule has 0 rings (SSSR count). The van der Waals surface area contributed by atoms with Gasteiger partial charge in [-0.3, -0.25) is 0 Å². The van der Waals surface area contributed by atoms with Gasteiger partial charge in [0, 0.05) is 26.3 Å². The average molecular weight is 223 g/mol. The van der Waals surface area contributed by atoms with E-state index >= 15 is 0 Å². The Morgan fingerprint density at radius 2 is 2.19 bits per heavy atom. The molecule has 3 N–H and O–H groups in total. The molecule has 0 aliphatic rings. The SMILES string of the molecule is C=C(/C=C\C)/C(=C/N(C)CCCNC)CN. The van der Waals surface area contributed by atoms with E-state index in [1.54, 1.807) is 0 Å². The summed E-state index contributed by atoms with van der Waals surface area (Å²) in [7, 11) is 4.03.